The Morgan fingerprint density at radius 1 is 1.11 bits per heavy atom. The van der Waals surface area contributed by atoms with Gasteiger partial charge in [0.2, 0.25) is 0 Å². The fourth-order valence-corrected chi connectivity index (χ4v) is 4.00. The molecule has 0 saturated heterocycles. The van der Waals surface area contributed by atoms with Crippen molar-refractivity contribution in [1.29, 1.82) is 0 Å². The van der Waals surface area contributed by atoms with Crippen LogP contribution >= 0.6 is 0 Å². The summed E-state index contributed by atoms with van der Waals surface area (Å²) in [6.07, 6.45) is 5.32. The summed E-state index contributed by atoms with van der Waals surface area (Å²) in [5, 5.41) is 9.05. The molecule has 2 rings (SSSR count). The minimum atomic E-state index is -3.24. The van der Waals surface area contributed by atoms with E-state index in [0.29, 0.717) is 10.5 Å². The average Bonchev–Trinajstić information content (AvgIpc) is 2.39. The maximum Gasteiger partial charge on any atom is 0.178 e. The van der Waals surface area contributed by atoms with Crippen LogP contribution in [0.3, 0.4) is 0 Å². The molecule has 1 aromatic carbocycles. The molecule has 0 bridgehead atoms. The number of benzene rings is 1. The Morgan fingerprint density at radius 3 is 2.50 bits per heavy atom. The van der Waals surface area contributed by atoms with Crippen molar-refractivity contribution in [2.24, 2.45) is 0 Å². The molecule has 18 heavy (non-hydrogen) atoms. The van der Waals surface area contributed by atoms with E-state index in [1.54, 1.807) is 24.3 Å². The van der Waals surface area contributed by atoms with Crippen LogP contribution in [0.25, 0.3) is 0 Å². The van der Waals surface area contributed by atoms with Gasteiger partial charge in [0.1, 0.15) is 0 Å². The largest absolute Gasteiger partial charge is 0.392 e. The van der Waals surface area contributed by atoms with E-state index in [0.717, 1.165) is 31.6 Å². The van der Waals surface area contributed by atoms with Crippen LogP contribution in [0.4, 0.5) is 0 Å². The second-order valence-electron chi connectivity index (χ2n) is 4.88. The first-order valence-electron chi connectivity index (χ1n) is 6.38. The van der Waals surface area contributed by atoms with Crippen LogP contribution in [0.5, 0.6) is 0 Å². The topological polar surface area (TPSA) is 54.4 Å². The molecule has 1 aliphatic rings. The van der Waals surface area contributed by atoms with E-state index in [1.807, 2.05) is 0 Å². The normalized spacial score (nSPS) is 17.8. The molecule has 1 radical (unpaired) electrons. The predicted octanol–water partition coefficient (Wildman–Crippen LogP) is 2.49. The number of hydrogen-bond acceptors (Lipinski definition) is 3. The Morgan fingerprint density at radius 2 is 1.83 bits per heavy atom. The third-order valence-corrected chi connectivity index (χ3v) is 5.16. The smallest absolute Gasteiger partial charge is 0.178 e. The molecule has 1 aliphatic carbocycles. The van der Waals surface area contributed by atoms with Crippen LogP contribution < -0.4 is 0 Å². The number of aliphatic hydroxyl groups is 1. The van der Waals surface area contributed by atoms with Gasteiger partial charge < -0.3 is 5.11 Å². The van der Waals surface area contributed by atoms with Gasteiger partial charge in [-0.2, -0.15) is 0 Å². The van der Waals surface area contributed by atoms with E-state index < -0.39 is 9.84 Å². The molecule has 0 amide bonds. The van der Waals surface area contributed by atoms with Crippen molar-refractivity contribution in [3.05, 3.63) is 35.7 Å². The quantitative estimate of drug-likeness (QED) is 0.912. The fraction of sp³-hybridized carbons (Fsp3) is 0.500. The van der Waals surface area contributed by atoms with Gasteiger partial charge in [-0.3, -0.25) is 0 Å². The lowest BCUT2D eigenvalue weighted by molar-refractivity contribution is 0.281. The lowest BCUT2D eigenvalue weighted by Gasteiger charge is -2.20. The maximum absolute atomic E-state index is 12.3. The zero-order valence-electron chi connectivity index (χ0n) is 10.4. The summed E-state index contributed by atoms with van der Waals surface area (Å²) in [7, 11) is -3.24. The van der Waals surface area contributed by atoms with Crippen molar-refractivity contribution in [1.82, 2.24) is 0 Å². The highest BCUT2D eigenvalue weighted by Crippen LogP contribution is 2.28. The second kappa shape index (κ2) is 5.85. The van der Waals surface area contributed by atoms with E-state index in [9.17, 15) is 8.42 Å². The SMILES string of the molecule is O=S(=O)(C[C]1CCCCC1)c1cccc(CO)c1. The lowest BCUT2D eigenvalue weighted by atomic mass is 9.91. The van der Waals surface area contributed by atoms with Crippen LogP contribution in [0.1, 0.15) is 37.7 Å². The third-order valence-electron chi connectivity index (χ3n) is 3.39. The molecular formula is C14H19O3S. The highest BCUT2D eigenvalue weighted by molar-refractivity contribution is 7.91. The Bertz CT molecular complexity index is 488. The molecule has 0 aliphatic heterocycles. The van der Waals surface area contributed by atoms with Crippen LogP contribution in [0.15, 0.2) is 29.2 Å². The molecule has 1 fully saturated rings. The number of hydrogen-bond donors (Lipinski definition) is 1. The zero-order chi connectivity index (χ0) is 13.0. The number of rotatable bonds is 4. The van der Waals surface area contributed by atoms with Crippen molar-refractivity contribution in [2.75, 3.05) is 5.75 Å². The van der Waals surface area contributed by atoms with E-state index in [2.05, 4.69) is 0 Å². The van der Waals surface area contributed by atoms with Gasteiger partial charge in [-0.1, -0.05) is 31.4 Å². The molecule has 3 nitrogen and oxygen atoms in total. The first kappa shape index (κ1) is 13.6. The van der Waals surface area contributed by atoms with Crippen molar-refractivity contribution in [2.45, 2.75) is 43.6 Å². The molecule has 0 atom stereocenters. The van der Waals surface area contributed by atoms with Crippen molar-refractivity contribution in [3.8, 4) is 0 Å². The van der Waals surface area contributed by atoms with Gasteiger partial charge in [-0.15, -0.1) is 0 Å². The highest BCUT2D eigenvalue weighted by Gasteiger charge is 2.23. The monoisotopic (exact) mass is 267 g/mol. The third kappa shape index (κ3) is 3.33. The van der Waals surface area contributed by atoms with Crippen LogP contribution in [0.2, 0.25) is 0 Å². The standard InChI is InChI=1S/C14H19O3S/c15-10-13-7-4-8-14(9-13)18(16,17)11-12-5-2-1-3-6-12/h4,7-9,15H,1-3,5-6,10-11H2. The van der Waals surface area contributed by atoms with Crippen molar-refractivity contribution < 1.29 is 13.5 Å². The van der Waals surface area contributed by atoms with Crippen molar-refractivity contribution in [3.63, 3.8) is 0 Å². The summed E-state index contributed by atoms with van der Waals surface area (Å²) in [4.78, 5) is 0.326. The Labute approximate surface area is 109 Å². The highest BCUT2D eigenvalue weighted by atomic mass is 32.2. The Kier molecular flexibility index (Phi) is 4.40. The zero-order valence-corrected chi connectivity index (χ0v) is 11.2. The number of sulfone groups is 1. The molecule has 1 aromatic rings. The summed E-state index contributed by atoms with van der Waals surface area (Å²) in [6.45, 7) is -0.125. The van der Waals surface area contributed by atoms with Crippen LogP contribution in [0, 0.1) is 5.92 Å². The van der Waals surface area contributed by atoms with Gasteiger partial charge in [0.05, 0.1) is 17.3 Å². The van der Waals surface area contributed by atoms with Gasteiger partial charge in [-0.05, 0) is 36.5 Å². The van der Waals surface area contributed by atoms with Gasteiger partial charge in [0, 0.05) is 0 Å². The summed E-state index contributed by atoms with van der Waals surface area (Å²) < 4.78 is 24.5. The molecule has 0 spiro atoms. The maximum atomic E-state index is 12.3. The summed E-state index contributed by atoms with van der Waals surface area (Å²) >= 11 is 0. The molecule has 99 valence electrons. The predicted molar refractivity (Wildman–Crippen MR) is 70.7 cm³/mol. The fourth-order valence-electron chi connectivity index (χ4n) is 2.39. The van der Waals surface area contributed by atoms with E-state index >= 15 is 0 Å². The lowest BCUT2D eigenvalue weighted by Crippen LogP contribution is -2.17. The van der Waals surface area contributed by atoms with Gasteiger partial charge in [0.15, 0.2) is 9.84 Å². The minimum Gasteiger partial charge on any atom is -0.392 e. The molecule has 1 N–H and O–H groups in total. The minimum absolute atomic E-state index is 0.125. The van der Waals surface area contributed by atoms with E-state index in [4.69, 9.17) is 5.11 Å². The van der Waals surface area contributed by atoms with Gasteiger partial charge in [0.25, 0.3) is 0 Å². The Hall–Kier alpha value is -0.870. The van der Waals surface area contributed by atoms with Gasteiger partial charge in [-0.25, -0.2) is 8.42 Å². The van der Waals surface area contributed by atoms with E-state index in [-0.39, 0.29) is 12.4 Å². The molecular weight excluding hydrogens is 248 g/mol. The van der Waals surface area contributed by atoms with E-state index in [1.165, 1.54) is 6.42 Å². The van der Waals surface area contributed by atoms with Crippen molar-refractivity contribution >= 4 is 9.84 Å². The first-order valence-corrected chi connectivity index (χ1v) is 8.03. The molecule has 1 saturated carbocycles. The second-order valence-corrected chi connectivity index (χ2v) is 6.86. The first-order chi connectivity index (χ1) is 8.62. The van der Waals surface area contributed by atoms with Gasteiger partial charge >= 0.3 is 0 Å². The molecule has 0 unspecified atom stereocenters. The number of aliphatic hydroxyl groups excluding tert-OH is 1. The summed E-state index contributed by atoms with van der Waals surface area (Å²) in [5.41, 5.74) is 0.643. The van der Waals surface area contributed by atoms with Crippen LogP contribution in [-0.2, 0) is 16.4 Å². The molecule has 0 heterocycles. The van der Waals surface area contributed by atoms with Crippen LogP contribution in [-0.4, -0.2) is 19.3 Å². The average molecular weight is 267 g/mol. The molecule has 4 heteroatoms. The summed E-state index contributed by atoms with van der Waals surface area (Å²) in [6, 6.07) is 6.59. The molecule has 0 aromatic heterocycles. The Balaban J connectivity index is 2.13. The summed E-state index contributed by atoms with van der Waals surface area (Å²) in [5.74, 6) is 1.32.